The molecule has 3 aliphatic heterocycles. The molecule has 0 bridgehead atoms. The van der Waals surface area contributed by atoms with E-state index in [4.69, 9.17) is 14.2 Å². The van der Waals surface area contributed by atoms with Gasteiger partial charge in [0, 0.05) is 32.7 Å². The van der Waals surface area contributed by atoms with Crippen LogP contribution in [0.1, 0.15) is 58.1 Å². The van der Waals surface area contributed by atoms with Crippen LogP contribution in [0.2, 0.25) is 0 Å². The molecule has 0 aliphatic carbocycles. The number of rotatable bonds is 10. The minimum Gasteiger partial charge on any atom is -0.460 e. The Balaban J connectivity index is 1.13. The average Bonchev–Trinajstić information content (AvgIpc) is 2.88. The zero-order valence-electron chi connectivity index (χ0n) is 23.8. The first-order chi connectivity index (χ1) is 18.1. The van der Waals surface area contributed by atoms with Crippen LogP contribution in [0.5, 0.6) is 0 Å². The lowest BCUT2D eigenvalue weighted by atomic mass is 9.88. The molecule has 3 aliphatic rings. The molecule has 7 nitrogen and oxygen atoms in total. The van der Waals surface area contributed by atoms with Crippen LogP contribution in [-0.4, -0.2) is 85.2 Å². The molecule has 2 fully saturated rings. The number of hydrogen-bond donors (Lipinski definition) is 1. The highest BCUT2D eigenvalue weighted by atomic mass is 16.6. The number of nitrogens with one attached hydrogen (secondary N) is 1. The van der Waals surface area contributed by atoms with Gasteiger partial charge in [0.05, 0.1) is 31.8 Å². The Labute approximate surface area is 229 Å². The van der Waals surface area contributed by atoms with Crippen LogP contribution in [0.15, 0.2) is 48.7 Å². The monoisotopic (exact) mass is 525 g/mol. The van der Waals surface area contributed by atoms with E-state index >= 15 is 0 Å². The molecular weight excluding hydrogens is 478 g/mol. The molecular formula is C31H47N3O4. The average molecular weight is 526 g/mol. The predicted molar refractivity (Wildman–Crippen MR) is 151 cm³/mol. The molecule has 1 spiro atoms. The van der Waals surface area contributed by atoms with E-state index < -0.39 is 5.60 Å². The summed E-state index contributed by atoms with van der Waals surface area (Å²) in [5, 5.41) is 3.53. The van der Waals surface area contributed by atoms with Gasteiger partial charge >= 0.3 is 5.97 Å². The van der Waals surface area contributed by atoms with Crippen molar-refractivity contribution in [1.29, 1.82) is 0 Å². The minimum atomic E-state index is -0.443. The van der Waals surface area contributed by atoms with Crippen LogP contribution in [-0.2, 0) is 31.8 Å². The summed E-state index contributed by atoms with van der Waals surface area (Å²) in [4.78, 5) is 16.9. The van der Waals surface area contributed by atoms with Gasteiger partial charge < -0.3 is 24.4 Å². The van der Waals surface area contributed by atoms with E-state index in [-0.39, 0.29) is 17.2 Å². The van der Waals surface area contributed by atoms with Crippen molar-refractivity contribution in [3.05, 3.63) is 59.8 Å². The summed E-state index contributed by atoms with van der Waals surface area (Å²) in [5.74, 6) is -0.208. The topological polar surface area (TPSA) is 63.3 Å². The molecule has 0 amide bonds. The Bertz CT molecular complexity index is 960. The van der Waals surface area contributed by atoms with E-state index in [1.54, 1.807) is 0 Å². The zero-order chi connectivity index (χ0) is 27.1. The fraction of sp³-hybridized carbons (Fsp3) is 0.645. The number of esters is 1. The fourth-order valence-electron chi connectivity index (χ4n) is 5.49. The fourth-order valence-corrected chi connectivity index (χ4v) is 5.49. The second-order valence-corrected chi connectivity index (χ2v) is 12.1. The van der Waals surface area contributed by atoms with Crippen molar-refractivity contribution in [2.45, 2.75) is 76.7 Å². The molecule has 0 radical (unpaired) electrons. The molecule has 0 saturated carbocycles. The van der Waals surface area contributed by atoms with Crippen molar-refractivity contribution in [2.24, 2.45) is 0 Å². The van der Waals surface area contributed by atoms with Gasteiger partial charge in [-0.15, -0.1) is 0 Å². The van der Waals surface area contributed by atoms with Crippen molar-refractivity contribution < 1.29 is 19.0 Å². The number of carbonyl (C=O) groups is 1. The Hall–Kier alpha value is -2.19. The lowest BCUT2D eigenvalue weighted by Crippen LogP contribution is -2.64. The highest BCUT2D eigenvalue weighted by Crippen LogP contribution is 2.33. The second kappa shape index (κ2) is 12.8. The van der Waals surface area contributed by atoms with Gasteiger partial charge in [0.15, 0.2) is 0 Å². The van der Waals surface area contributed by atoms with E-state index in [2.05, 4.69) is 64.5 Å². The van der Waals surface area contributed by atoms with E-state index in [0.717, 1.165) is 65.0 Å². The van der Waals surface area contributed by atoms with Crippen molar-refractivity contribution >= 4 is 5.97 Å². The maximum absolute atomic E-state index is 11.7. The third kappa shape index (κ3) is 8.40. The molecule has 3 heterocycles. The molecule has 1 aromatic rings. The number of morpholine rings is 1. The molecule has 7 heteroatoms. The largest absolute Gasteiger partial charge is 0.460 e. The molecule has 1 atom stereocenters. The normalized spacial score (nSPS) is 23.9. The standard InChI is InChI=1S/C31H47N3O4/c1-29(2,3)38-28(35)13-23-36-22-12-27-9-7-26(8-10-27)11-18-33-19-15-31(16-20-33)25-34(21-24-37-31)30(4)14-5-6-17-32-30/h5-10,14,17,32H,11-13,15-16,18-25H2,1-4H3. The Kier molecular flexibility index (Phi) is 9.69. The molecule has 38 heavy (non-hydrogen) atoms. The number of piperidine rings is 1. The second-order valence-electron chi connectivity index (χ2n) is 12.1. The lowest BCUT2D eigenvalue weighted by molar-refractivity contribution is -0.156. The first kappa shape index (κ1) is 28.8. The van der Waals surface area contributed by atoms with Crippen molar-refractivity contribution in [2.75, 3.05) is 52.5 Å². The number of hydrogen-bond acceptors (Lipinski definition) is 7. The Morgan fingerprint density at radius 3 is 2.39 bits per heavy atom. The predicted octanol–water partition coefficient (Wildman–Crippen LogP) is 4.08. The summed E-state index contributed by atoms with van der Waals surface area (Å²) in [6, 6.07) is 8.88. The first-order valence-electron chi connectivity index (χ1n) is 14.3. The minimum absolute atomic E-state index is 0.0228. The van der Waals surface area contributed by atoms with Crippen LogP contribution in [0.25, 0.3) is 0 Å². The molecule has 1 aromatic carbocycles. The van der Waals surface area contributed by atoms with E-state index in [0.29, 0.717) is 19.6 Å². The lowest BCUT2D eigenvalue weighted by Gasteiger charge is -2.52. The summed E-state index contributed by atoms with van der Waals surface area (Å²) in [7, 11) is 0. The number of ether oxygens (including phenoxy) is 3. The summed E-state index contributed by atoms with van der Waals surface area (Å²) in [6.07, 6.45) is 12.9. The van der Waals surface area contributed by atoms with Crippen LogP contribution in [0, 0.1) is 0 Å². The molecule has 0 aromatic heterocycles. The van der Waals surface area contributed by atoms with Gasteiger partial charge in [0.2, 0.25) is 0 Å². The number of carbonyl (C=O) groups excluding carboxylic acids is 1. The highest BCUT2D eigenvalue weighted by molar-refractivity contribution is 5.69. The number of dihydropyridines is 1. The summed E-state index contributed by atoms with van der Waals surface area (Å²) in [6.45, 7) is 14.9. The van der Waals surface area contributed by atoms with Crippen molar-refractivity contribution in [1.82, 2.24) is 15.1 Å². The maximum Gasteiger partial charge on any atom is 0.308 e. The third-order valence-corrected chi connectivity index (χ3v) is 7.82. The Morgan fingerprint density at radius 2 is 1.74 bits per heavy atom. The van der Waals surface area contributed by atoms with Gasteiger partial charge in [0.25, 0.3) is 0 Å². The van der Waals surface area contributed by atoms with Gasteiger partial charge in [-0.25, -0.2) is 0 Å². The summed E-state index contributed by atoms with van der Waals surface area (Å²) >= 11 is 0. The maximum atomic E-state index is 11.7. The van der Waals surface area contributed by atoms with Gasteiger partial charge in [-0.05, 0) is 82.9 Å². The van der Waals surface area contributed by atoms with Gasteiger partial charge in [-0.3, -0.25) is 9.69 Å². The van der Waals surface area contributed by atoms with Crippen LogP contribution in [0.3, 0.4) is 0 Å². The summed E-state index contributed by atoms with van der Waals surface area (Å²) < 4.78 is 17.4. The zero-order valence-corrected chi connectivity index (χ0v) is 23.8. The van der Waals surface area contributed by atoms with Gasteiger partial charge in [-0.1, -0.05) is 30.3 Å². The number of benzene rings is 1. The molecule has 1 N–H and O–H groups in total. The summed E-state index contributed by atoms with van der Waals surface area (Å²) in [5.41, 5.74) is 2.04. The van der Waals surface area contributed by atoms with E-state index in [9.17, 15) is 4.79 Å². The number of nitrogens with zero attached hydrogens (tertiary/aromatic N) is 2. The number of likely N-dealkylation sites (tertiary alicyclic amines) is 1. The quantitative estimate of drug-likeness (QED) is 0.365. The molecule has 2 saturated heterocycles. The Morgan fingerprint density at radius 1 is 1.03 bits per heavy atom. The number of allylic oxidation sites excluding steroid dienone is 2. The van der Waals surface area contributed by atoms with E-state index in [1.165, 1.54) is 11.1 Å². The molecule has 210 valence electrons. The van der Waals surface area contributed by atoms with Gasteiger partial charge in [0.1, 0.15) is 11.3 Å². The SMILES string of the molecule is CC(C)(C)OC(=O)CCOCCc1ccc(CCN2CCC3(CC2)CN(C2(C)C=CC=CN2)CCO3)cc1. The smallest absolute Gasteiger partial charge is 0.308 e. The van der Waals surface area contributed by atoms with Crippen molar-refractivity contribution in [3.8, 4) is 0 Å². The molecule has 4 rings (SSSR count). The van der Waals surface area contributed by atoms with Crippen LogP contribution >= 0.6 is 0 Å². The van der Waals surface area contributed by atoms with Crippen LogP contribution < -0.4 is 5.32 Å². The van der Waals surface area contributed by atoms with Crippen LogP contribution in [0.4, 0.5) is 0 Å². The third-order valence-electron chi connectivity index (χ3n) is 7.82. The molecule has 1 unspecified atom stereocenters. The van der Waals surface area contributed by atoms with Gasteiger partial charge in [-0.2, -0.15) is 0 Å². The van der Waals surface area contributed by atoms with Crippen molar-refractivity contribution in [3.63, 3.8) is 0 Å². The highest BCUT2D eigenvalue weighted by Gasteiger charge is 2.43. The first-order valence-corrected chi connectivity index (χ1v) is 14.3. The van der Waals surface area contributed by atoms with E-state index in [1.807, 2.05) is 27.0 Å².